The number of hydrogen-bond donors (Lipinski definition) is 1. The van der Waals surface area contributed by atoms with Crippen molar-refractivity contribution in [3.63, 3.8) is 0 Å². The number of rotatable bonds is 12. The van der Waals surface area contributed by atoms with Crippen molar-refractivity contribution >= 4 is 55.1 Å². The van der Waals surface area contributed by atoms with E-state index in [1.54, 1.807) is 30.0 Å². The Morgan fingerprint density at radius 3 is 2.33 bits per heavy atom. The molecule has 0 aliphatic carbocycles. The van der Waals surface area contributed by atoms with Crippen LogP contribution in [-0.2, 0) is 26.2 Å². The third-order valence-electron chi connectivity index (χ3n) is 6.03. The zero-order valence-electron chi connectivity index (χ0n) is 21.4. The Morgan fingerprint density at radius 2 is 1.75 bits per heavy atom. The highest BCUT2D eigenvalue weighted by Crippen LogP contribution is 2.27. The van der Waals surface area contributed by atoms with Crippen LogP contribution >= 0.6 is 27.5 Å². The second-order valence-corrected chi connectivity index (χ2v) is 12.3. The molecule has 2 rings (SSSR count). The van der Waals surface area contributed by atoms with Crippen LogP contribution < -0.4 is 9.62 Å². The van der Waals surface area contributed by atoms with Crippen molar-refractivity contribution in [2.45, 2.75) is 65.6 Å². The van der Waals surface area contributed by atoms with Gasteiger partial charge in [-0.15, -0.1) is 0 Å². The van der Waals surface area contributed by atoms with E-state index in [0.29, 0.717) is 10.7 Å². The number of benzene rings is 2. The summed E-state index contributed by atoms with van der Waals surface area (Å²) in [5, 5.41) is 3.38. The van der Waals surface area contributed by atoms with Crippen LogP contribution in [0.3, 0.4) is 0 Å². The zero-order valence-corrected chi connectivity index (χ0v) is 24.6. The third-order valence-corrected chi connectivity index (χ3v) is 7.97. The third kappa shape index (κ3) is 8.78. The van der Waals surface area contributed by atoms with E-state index in [2.05, 4.69) is 21.2 Å². The van der Waals surface area contributed by atoms with Gasteiger partial charge in [0.25, 0.3) is 0 Å². The molecule has 0 bridgehead atoms. The van der Waals surface area contributed by atoms with Gasteiger partial charge in [0.1, 0.15) is 6.04 Å². The van der Waals surface area contributed by atoms with Crippen molar-refractivity contribution in [2.75, 3.05) is 17.1 Å². The van der Waals surface area contributed by atoms with E-state index in [1.165, 1.54) is 4.31 Å². The molecule has 0 aliphatic rings. The van der Waals surface area contributed by atoms with Gasteiger partial charge in [0.15, 0.2) is 0 Å². The molecule has 10 heteroatoms. The Balaban J connectivity index is 2.20. The van der Waals surface area contributed by atoms with Crippen molar-refractivity contribution in [3.8, 4) is 0 Å². The van der Waals surface area contributed by atoms with E-state index >= 15 is 0 Å². The number of nitrogens with zero attached hydrogens (tertiary/aromatic N) is 2. The first-order valence-corrected chi connectivity index (χ1v) is 14.9. The first-order chi connectivity index (χ1) is 16.8. The average Bonchev–Trinajstić information content (AvgIpc) is 2.81. The SMILES string of the molecule is CC[C@H](C)NC(=O)[C@@H](C)N(Cc1ccc(Br)cc1)C(=O)CCCN(c1cc(Cl)ccc1C)S(C)(=O)=O. The summed E-state index contributed by atoms with van der Waals surface area (Å²) >= 11 is 9.53. The molecule has 2 atom stereocenters. The molecule has 0 aliphatic heterocycles. The molecule has 0 unspecified atom stereocenters. The van der Waals surface area contributed by atoms with E-state index in [-0.39, 0.29) is 43.8 Å². The fourth-order valence-electron chi connectivity index (χ4n) is 3.67. The molecule has 0 heterocycles. The summed E-state index contributed by atoms with van der Waals surface area (Å²) in [5.41, 5.74) is 2.15. The molecule has 2 aromatic carbocycles. The predicted octanol–water partition coefficient (Wildman–Crippen LogP) is 5.29. The summed E-state index contributed by atoms with van der Waals surface area (Å²) in [6, 6.07) is 12.0. The van der Waals surface area contributed by atoms with Gasteiger partial charge in [-0.05, 0) is 69.0 Å². The summed E-state index contributed by atoms with van der Waals surface area (Å²) in [7, 11) is -3.59. The van der Waals surface area contributed by atoms with Gasteiger partial charge in [0.2, 0.25) is 21.8 Å². The maximum absolute atomic E-state index is 13.4. The quantitative estimate of drug-likeness (QED) is 0.359. The lowest BCUT2D eigenvalue weighted by atomic mass is 10.1. The highest BCUT2D eigenvalue weighted by Gasteiger charge is 2.27. The van der Waals surface area contributed by atoms with Crippen LogP contribution in [0.15, 0.2) is 46.9 Å². The maximum atomic E-state index is 13.4. The van der Waals surface area contributed by atoms with Gasteiger partial charge >= 0.3 is 0 Å². The van der Waals surface area contributed by atoms with Gasteiger partial charge in [-0.1, -0.05) is 52.7 Å². The minimum Gasteiger partial charge on any atom is -0.352 e. The molecule has 36 heavy (non-hydrogen) atoms. The monoisotopic (exact) mass is 599 g/mol. The maximum Gasteiger partial charge on any atom is 0.242 e. The summed E-state index contributed by atoms with van der Waals surface area (Å²) in [4.78, 5) is 27.8. The lowest BCUT2D eigenvalue weighted by molar-refractivity contribution is -0.140. The first kappa shape index (κ1) is 30.1. The minimum absolute atomic E-state index is 0.00571. The lowest BCUT2D eigenvalue weighted by Gasteiger charge is -2.30. The number of aryl methyl sites for hydroxylation is 1. The van der Waals surface area contributed by atoms with E-state index in [4.69, 9.17) is 11.6 Å². The van der Waals surface area contributed by atoms with Gasteiger partial charge in [0.05, 0.1) is 11.9 Å². The van der Waals surface area contributed by atoms with Gasteiger partial charge in [-0.2, -0.15) is 0 Å². The predicted molar refractivity (Wildman–Crippen MR) is 150 cm³/mol. The topological polar surface area (TPSA) is 86.8 Å². The zero-order chi connectivity index (χ0) is 27.0. The number of halogens is 2. The molecule has 0 aromatic heterocycles. The average molecular weight is 601 g/mol. The van der Waals surface area contributed by atoms with E-state index in [1.807, 2.05) is 45.0 Å². The van der Waals surface area contributed by atoms with Crippen molar-refractivity contribution < 1.29 is 18.0 Å². The number of nitrogens with one attached hydrogen (secondary N) is 1. The van der Waals surface area contributed by atoms with Gasteiger partial charge < -0.3 is 10.2 Å². The van der Waals surface area contributed by atoms with Crippen LogP contribution in [0.25, 0.3) is 0 Å². The number of sulfonamides is 1. The lowest BCUT2D eigenvalue weighted by Crippen LogP contribution is -2.49. The fraction of sp³-hybridized carbons (Fsp3) is 0.462. The second-order valence-electron chi connectivity index (χ2n) is 9.01. The van der Waals surface area contributed by atoms with Crippen molar-refractivity contribution in [2.24, 2.45) is 0 Å². The summed E-state index contributed by atoms with van der Waals surface area (Å²) in [6.45, 7) is 7.81. The second kappa shape index (κ2) is 13.4. The Morgan fingerprint density at radius 1 is 1.11 bits per heavy atom. The molecule has 1 N–H and O–H groups in total. The Hall–Kier alpha value is -2.10. The van der Waals surface area contributed by atoms with Crippen LogP contribution in [0, 0.1) is 6.92 Å². The van der Waals surface area contributed by atoms with Crippen LogP contribution in [-0.4, -0.2) is 50.0 Å². The molecule has 7 nitrogen and oxygen atoms in total. The number of carbonyl (C=O) groups excluding carboxylic acids is 2. The summed E-state index contributed by atoms with van der Waals surface area (Å²) in [5.74, 6) is -0.442. The number of carbonyl (C=O) groups is 2. The van der Waals surface area contributed by atoms with Crippen LogP contribution in [0.4, 0.5) is 5.69 Å². The normalized spacial score (nSPS) is 13.1. The Labute approximate surface area is 228 Å². The summed E-state index contributed by atoms with van der Waals surface area (Å²) < 4.78 is 27.3. The van der Waals surface area contributed by atoms with Crippen LogP contribution in [0.1, 0.15) is 51.2 Å². The summed E-state index contributed by atoms with van der Waals surface area (Å²) in [6.07, 6.45) is 2.29. The number of hydrogen-bond acceptors (Lipinski definition) is 4. The van der Waals surface area contributed by atoms with E-state index in [9.17, 15) is 18.0 Å². The van der Waals surface area contributed by atoms with Gasteiger partial charge in [-0.3, -0.25) is 13.9 Å². The molecule has 0 fully saturated rings. The van der Waals surface area contributed by atoms with E-state index in [0.717, 1.165) is 28.3 Å². The fourth-order valence-corrected chi connectivity index (χ4v) is 5.11. The molecule has 0 saturated heterocycles. The minimum atomic E-state index is -3.59. The molecule has 2 aromatic rings. The number of anilines is 1. The Kier molecular flexibility index (Phi) is 11.3. The highest BCUT2D eigenvalue weighted by atomic mass is 79.9. The van der Waals surface area contributed by atoms with Gasteiger partial charge in [-0.25, -0.2) is 8.42 Å². The molecule has 2 amide bonds. The smallest absolute Gasteiger partial charge is 0.242 e. The largest absolute Gasteiger partial charge is 0.352 e. The van der Waals surface area contributed by atoms with Crippen molar-refractivity contribution in [1.29, 1.82) is 0 Å². The van der Waals surface area contributed by atoms with Crippen LogP contribution in [0.5, 0.6) is 0 Å². The highest BCUT2D eigenvalue weighted by molar-refractivity contribution is 9.10. The Bertz CT molecular complexity index is 1160. The number of amides is 2. The van der Waals surface area contributed by atoms with Gasteiger partial charge in [0, 0.05) is 35.0 Å². The molecular formula is C26H35BrClN3O4S. The molecule has 0 spiro atoms. The van der Waals surface area contributed by atoms with Crippen molar-refractivity contribution in [1.82, 2.24) is 10.2 Å². The standard InChI is InChI=1S/C26H35BrClN3O4S/c1-6-19(3)29-26(33)20(4)30(17-21-10-12-22(27)13-11-21)25(32)8-7-15-31(36(5,34)35)24-16-23(28)14-9-18(24)2/h9-14,16,19-20H,6-8,15,17H2,1-5H3,(H,29,33)/t19-,20+/m0/s1. The van der Waals surface area contributed by atoms with Crippen LogP contribution in [0.2, 0.25) is 5.02 Å². The molecule has 198 valence electrons. The molecule has 0 radical (unpaired) electrons. The molecular weight excluding hydrogens is 566 g/mol. The molecule has 0 saturated carbocycles. The van der Waals surface area contributed by atoms with E-state index < -0.39 is 16.1 Å². The first-order valence-electron chi connectivity index (χ1n) is 11.9. The van der Waals surface area contributed by atoms with Crippen molar-refractivity contribution in [3.05, 3.63) is 63.1 Å².